The first kappa shape index (κ1) is 29.6. The molecular formula is C30H33F3N2O4S. The van der Waals surface area contributed by atoms with Crippen molar-refractivity contribution in [2.24, 2.45) is 0 Å². The molecule has 2 atom stereocenters. The standard InChI is InChI=1S/C30H33F3N2O4S/c1-5-14-29(4,28(37)38)39-24-16-21(9-8-18(24)2)22-7-6-15-35(17-22)27(36)25-19(3)34-26(40-25)20-10-12-23(13-11-20)30(31,32)33/h8-13,16,22H,5-7,14-15,17H2,1-4H3,(H,37,38). The van der Waals surface area contributed by atoms with Gasteiger partial charge in [-0.05, 0) is 69.4 Å². The molecule has 3 aromatic rings. The Bertz CT molecular complexity index is 1390. The molecule has 4 rings (SSSR count). The average Bonchev–Trinajstić information content (AvgIpc) is 3.30. The molecule has 2 unspecified atom stereocenters. The van der Waals surface area contributed by atoms with Gasteiger partial charge in [-0.3, -0.25) is 4.79 Å². The van der Waals surface area contributed by atoms with Gasteiger partial charge in [0.05, 0.1) is 11.3 Å². The lowest BCUT2D eigenvalue weighted by atomic mass is 9.89. The Morgan fingerprint density at radius 3 is 2.48 bits per heavy atom. The fourth-order valence-corrected chi connectivity index (χ4v) is 6.04. The molecule has 1 saturated heterocycles. The van der Waals surface area contributed by atoms with E-state index < -0.39 is 23.3 Å². The van der Waals surface area contributed by atoms with E-state index in [1.54, 1.807) is 18.7 Å². The Morgan fingerprint density at radius 1 is 1.15 bits per heavy atom. The molecule has 0 saturated carbocycles. The lowest BCUT2D eigenvalue weighted by molar-refractivity contribution is -0.154. The molecule has 1 N–H and O–H groups in total. The quantitative estimate of drug-likeness (QED) is 0.302. The summed E-state index contributed by atoms with van der Waals surface area (Å²) >= 11 is 1.18. The smallest absolute Gasteiger partial charge is 0.416 e. The van der Waals surface area contributed by atoms with Crippen LogP contribution in [0, 0.1) is 13.8 Å². The molecular weight excluding hydrogens is 541 g/mol. The molecule has 1 amide bonds. The third kappa shape index (κ3) is 6.32. The van der Waals surface area contributed by atoms with Gasteiger partial charge < -0.3 is 14.7 Å². The molecule has 1 aliphatic rings. The molecule has 1 aliphatic heterocycles. The number of rotatable bonds is 8. The Balaban J connectivity index is 1.52. The van der Waals surface area contributed by atoms with Crippen molar-refractivity contribution in [2.75, 3.05) is 13.1 Å². The lowest BCUT2D eigenvalue weighted by Crippen LogP contribution is -2.41. The molecule has 1 aromatic heterocycles. The number of benzene rings is 2. The third-order valence-electron chi connectivity index (χ3n) is 7.36. The molecule has 2 aromatic carbocycles. The number of aryl methyl sites for hydroxylation is 2. The van der Waals surface area contributed by atoms with Crippen molar-refractivity contribution >= 4 is 23.2 Å². The zero-order valence-corrected chi connectivity index (χ0v) is 23.8. The van der Waals surface area contributed by atoms with E-state index in [2.05, 4.69) is 4.98 Å². The summed E-state index contributed by atoms with van der Waals surface area (Å²) in [6, 6.07) is 10.6. The number of hydrogen-bond acceptors (Lipinski definition) is 5. The van der Waals surface area contributed by atoms with Crippen molar-refractivity contribution in [1.82, 2.24) is 9.88 Å². The number of carbonyl (C=O) groups excluding carboxylic acids is 1. The summed E-state index contributed by atoms with van der Waals surface area (Å²) in [6.45, 7) is 8.19. The summed E-state index contributed by atoms with van der Waals surface area (Å²) in [7, 11) is 0. The van der Waals surface area contributed by atoms with Crippen molar-refractivity contribution in [1.29, 1.82) is 0 Å². The predicted molar refractivity (Wildman–Crippen MR) is 148 cm³/mol. The van der Waals surface area contributed by atoms with Gasteiger partial charge in [-0.1, -0.05) is 37.6 Å². The molecule has 0 radical (unpaired) electrons. The van der Waals surface area contributed by atoms with Gasteiger partial charge in [-0.15, -0.1) is 11.3 Å². The third-order valence-corrected chi connectivity index (χ3v) is 8.55. The van der Waals surface area contributed by atoms with Gasteiger partial charge in [-0.25, -0.2) is 9.78 Å². The minimum absolute atomic E-state index is 0.0468. The number of piperidine rings is 1. The van der Waals surface area contributed by atoms with Crippen LogP contribution < -0.4 is 4.74 Å². The maximum Gasteiger partial charge on any atom is 0.416 e. The maximum atomic E-state index is 13.5. The Labute approximate surface area is 235 Å². The normalized spacial score (nSPS) is 17.4. The van der Waals surface area contributed by atoms with Crippen LogP contribution in [0.3, 0.4) is 0 Å². The highest BCUT2D eigenvalue weighted by molar-refractivity contribution is 7.17. The summed E-state index contributed by atoms with van der Waals surface area (Å²) in [6.07, 6.45) is -1.71. The summed E-state index contributed by atoms with van der Waals surface area (Å²) in [5.74, 6) is -0.587. The number of carboxylic acids is 1. The number of aromatic nitrogens is 1. The second-order valence-electron chi connectivity index (χ2n) is 10.5. The van der Waals surface area contributed by atoms with Gasteiger partial charge in [0.15, 0.2) is 0 Å². The number of amides is 1. The number of thiazole rings is 1. The predicted octanol–water partition coefficient (Wildman–Crippen LogP) is 7.49. The number of nitrogens with zero attached hydrogens (tertiary/aromatic N) is 2. The Kier molecular flexibility index (Phi) is 8.58. The number of hydrogen-bond donors (Lipinski definition) is 1. The second kappa shape index (κ2) is 11.6. The molecule has 10 heteroatoms. The maximum absolute atomic E-state index is 13.5. The summed E-state index contributed by atoms with van der Waals surface area (Å²) in [5.41, 5.74) is 0.826. The zero-order chi connectivity index (χ0) is 29.2. The molecule has 0 bridgehead atoms. The van der Waals surface area contributed by atoms with E-state index in [1.807, 2.05) is 32.0 Å². The fraction of sp³-hybridized carbons (Fsp3) is 0.433. The van der Waals surface area contributed by atoms with Gasteiger partial charge in [0.1, 0.15) is 15.6 Å². The van der Waals surface area contributed by atoms with E-state index in [0.717, 1.165) is 36.1 Å². The van der Waals surface area contributed by atoms with Crippen molar-refractivity contribution in [3.63, 3.8) is 0 Å². The summed E-state index contributed by atoms with van der Waals surface area (Å²) in [5, 5.41) is 10.3. The number of likely N-dealkylation sites (tertiary alicyclic amines) is 1. The highest BCUT2D eigenvalue weighted by Gasteiger charge is 2.36. The SMILES string of the molecule is CCCC(C)(Oc1cc(C2CCCN(C(=O)c3sc(-c4ccc(C(F)(F)F)cc4)nc3C)C2)ccc1C)C(=O)O. The second-order valence-corrected chi connectivity index (χ2v) is 11.5. The Morgan fingerprint density at radius 2 is 1.85 bits per heavy atom. The van der Waals surface area contributed by atoms with Crippen molar-refractivity contribution < 1.29 is 32.6 Å². The molecule has 0 spiro atoms. The van der Waals surface area contributed by atoms with E-state index in [1.165, 1.54) is 23.5 Å². The molecule has 6 nitrogen and oxygen atoms in total. The van der Waals surface area contributed by atoms with Crippen LogP contribution in [-0.4, -0.2) is 45.6 Å². The van der Waals surface area contributed by atoms with Gasteiger partial charge in [0, 0.05) is 24.6 Å². The molecule has 1 fully saturated rings. The number of aliphatic carboxylic acids is 1. The zero-order valence-electron chi connectivity index (χ0n) is 23.0. The van der Waals surface area contributed by atoms with E-state index in [0.29, 0.717) is 52.8 Å². The largest absolute Gasteiger partial charge is 0.478 e. The monoisotopic (exact) mass is 574 g/mol. The van der Waals surface area contributed by atoms with Gasteiger partial charge in [0.25, 0.3) is 5.91 Å². The first-order chi connectivity index (χ1) is 18.8. The van der Waals surface area contributed by atoms with Crippen LogP contribution in [-0.2, 0) is 11.0 Å². The highest BCUT2D eigenvalue weighted by Crippen LogP contribution is 2.36. The number of ether oxygens (including phenoxy) is 1. The molecule has 0 aliphatic carbocycles. The average molecular weight is 575 g/mol. The van der Waals surface area contributed by atoms with Crippen LogP contribution in [0.15, 0.2) is 42.5 Å². The van der Waals surface area contributed by atoms with Crippen LogP contribution >= 0.6 is 11.3 Å². The van der Waals surface area contributed by atoms with Crippen LogP contribution in [0.25, 0.3) is 10.6 Å². The highest BCUT2D eigenvalue weighted by atomic mass is 32.1. The summed E-state index contributed by atoms with van der Waals surface area (Å²) < 4.78 is 44.9. The van der Waals surface area contributed by atoms with E-state index >= 15 is 0 Å². The van der Waals surface area contributed by atoms with Crippen molar-refractivity contribution in [3.8, 4) is 16.3 Å². The molecule has 214 valence electrons. The number of alkyl halides is 3. The number of carbonyl (C=O) groups is 2. The van der Waals surface area contributed by atoms with E-state index in [9.17, 15) is 27.9 Å². The molecule has 40 heavy (non-hydrogen) atoms. The number of carboxylic acid groups (broad SMARTS) is 1. The van der Waals surface area contributed by atoms with Crippen molar-refractivity contribution in [3.05, 3.63) is 69.7 Å². The first-order valence-electron chi connectivity index (χ1n) is 13.3. The minimum Gasteiger partial charge on any atom is -0.478 e. The van der Waals surface area contributed by atoms with Crippen LogP contribution in [0.2, 0.25) is 0 Å². The van der Waals surface area contributed by atoms with Gasteiger partial charge in [-0.2, -0.15) is 13.2 Å². The van der Waals surface area contributed by atoms with Gasteiger partial charge >= 0.3 is 12.1 Å². The van der Waals surface area contributed by atoms with Crippen LogP contribution in [0.4, 0.5) is 13.2 Å². The lowest BCUT2D eigenvalue weighted by Gasteiger charge is -2.33. The van der Waals surface area contributed by atoms with Gasteiger partial charge in [0.2, 0.25) is 5.60 Å². The van der Waals surface area contributed by atoms with E-state index in [4.69, 9.17) is 4.74 Å². The number of halogens is 3. The minimum atomic E-state index is -4.42. The van der Waals surface area contributed by atoms with Crippen LogP contribution in [0.1, 0.15) is 77.5 Å². The van der Waals surface area contributed by atoms with E-state index in [-0.39, 0.29) is 11.8 Å². The summed E-state index contributed by atoms with van der Waals surface area (Å²) in [4.78, 5) is 32.2. The molecule has 2 heterocycles. The van der Waals surface area contributed by atoms with Crippen molar-refractivity contribution in [2.45, 2.75) is 71.1 Å². The first-order valence-corrected chi connectivity index (χ1v) is 14.1. The van der Waals surface area contributed by atoms with Crippen LogP contribution in [0.5, 0.6) is 5.75 Å². The topological polar surface area (TPSA) is 79.7 Å². The Hall–Kier alpha value is -3.40. The fourth-order valence-electron chi connectivity index (χ4n) is 5.00.